The highest BCUT2D eigenvalue weighted by molar-refractivity contribution is 5.20. The maximum Gasteiger partial charge on any atom is 0.127 e. The highest BCUT2D eigenvalue weighted by Gasteiger charge is 2.14. The zero-order valence-electron chi connectivity index (χ0n) is 9.92. The van der Waals surface area contributed by atoms with Crippen LogP contribution in [0.4, 0.5) is 4.39 Å². The molecule has 15 heavy (non-hydrogen) atoms. The number of nitrogens with one attached hydrogen (secondary N) is 1. The standard InChI is InChI=1S/C13H20FN/c1-9(2)10(3)15-11(4)12-7-5-6-8-13(12)14/h5-11,15H,1-4H3/t10?,11-/m1/s1. The molecule has 0 radical (unpaired) electrons. The fraction of sp³-hybridized carbons (Fsp3) is 0.538. The zero-order chi connectivity index (χ0) is 11.4. The second-order valence-corrected chi connectivity index (χ2v) is 4.44. The number of halogens is 1. The molecular weight excluding hydrogens is 189 g/mol. The molecule has 1 aromatic rings. The third kappa shape index (κ3) is 3.31. The first kappa shape index (κ1) is 12.2. The van der Waals surface area contributed by atoms with Crippen molar-refractivity contribution in [2.45, 2.75) is 39.8 Å². The number of benzene rings is 1. The van der Waals surface area contributed by atoms with E-state index in [0.717, 1.165) is 5.56 Å². The molecule has 0 aliphatic heterocycles. The lowest BCUT2D eigenvalue weighted by molar-refractivity contribution is 0.383. The van der Waals surface area contributed by atoms with E-state index in [0.29, 0.717) is 12.0 Å². The Morgan fingerprint density at radius 2 is 1.67 bits per heavy atom. The maximum atomic E-state index is 13.5. The van der Waals surface area contributed by atoms with Crippen molar-refractivity contribution in [2.24, 2.45) is 5.92 Å². The molecule has 0 saturated heterocycles. The minimum Gasteiger partial charge on any atom is -0.307 e. The van der Waals surface area contributed by atoms with E-state index in [9.17, 15) is 4.39 Å². The first-order valence-electron chi connectivity index (χ1n) is 5.53. The van der Waals surface area contributed by atoms with E-state index < -0.39 is 0 Å². The summed E-state index contributed by atoms with van der Waals surface area (Å²) in [4.78, 5) is 0. The Hall–Kier alpha value is -0.890. The largest absolute Gasteiger partial charge is 0.307 e. The summed E-state index contributed by atoms with van der Waals surface area (Å²) in [6.45, 7) is 8.44. The van der Waals surface area contributed by atoms with Gasteiger partial charge in [0.2, 0.25) is 0 Å². The normalized spacial score (nSPS) is 15.3. The Labute approximate surface area is 91.7 Å². The van der Waals surface area contributed by atoms with Crippen LogP contribution in [0.1, 0.15) is 39.3 Å². The summed E-state index contributed by atoms with van der Waals surface area (Å²) in [6.07, 6.45) is 0. The zero-order valence-corrected chi connectivity index (χ0v) is 9.92. The minimum absolute atomic E-state index is 0.0589. The molecule has 2 atom stereocenters. The smallest absolute Gasteiger partial charge is 0.127 e. The summed E-state index contributed by atoms with van der Waals surface area (Å²) in [5, 5.41) is 3.40. The average Bonchev–Trinajstić information content (AvgIpc) is 2.18. The molecule has 84 valence electrons. The molecule has 1 nitrogen and oxygen atoms in total. The Balaban J connectivity index is 2.69. The van der Waals surface area contributed by atoms with Gasteiger partial charge in [0, 0.05) is 17.6 Å². The summed E-state index contributed by atoms with van der Waals surface area (Å²) in [5.41, 5.74) is 0.741. The average molecular weight is 209 g/mol. The lowest BCUT2D eigenvalue weighted by atomic mass is 10.0. The topological polar surface area (TPSA) is 12.0 Å². The first-order chi connectivity index (χ1) is 7.02. The molecule has 1 aromatic carbocycles. The lowest BCUT2D eigenvalue weighted by Gasteiger charge is -2.23. The molecule has 0 spiro atoms. The highest BCUT2D eigenvalue weighted by atomic mass is 19.1. The fourth-order valence-corrected chi connectivity index (χ4v) is 1.50. The van der Waals surface area contributed by atoms with Crippen molar-refractivity contribution < 1.29 is 4.39 Å². The Morgan fingerprint density at radius 1 is 1.07 bits per heavy atom. The van der Waals surface area contributed by atoms with Crippen LogP contribution in [0.5, 0.6) is 0 Å². The number of hydrogen-bond donors (Lipinski definition) is 1. The molecular formula is C13H20FN. The van der Waals surface area contributed by atoms with Gasteiger partial charge in [-0.3, -0.25) is 0 Å². The molecule has 0 saturated carbocycles. The predicted molar refractivity (Wildman–Crippen MR) is 62.3 cm³/mol. The summed E-state index contributed by atoms with van der Waals surface area (Å²) in [6, 6.07) is 7.38. The van der Waals surface area contributed by atoms with Crippen LogP contribution in [-0.4, -0.2) is 6.04 Å². The SMILES string of the molecule is CC(C)C(C)N[C@H](C)c1ccccc1F. The van der Waals surface area contributed by atoms with Crippen molar-refractivity contribution >= 4 is 0 Å². The molecule has 0 bridgehead atoms. The van der Waals surface area contributed by atoms with Gasteiger partial charge in [0.1, 0.15) is 5.82 Å². The summed E-state index contributed by atoms with van der Waals surface area (Å²) in [7, 11) is 0. The second kappa shape index (κ2) is 5.26. The van der Waals surface area contributed by atoms with Gasteiger partial charge in [-0.1, -0.05) is 32.0 Å². The molecule has 0 amide bonds. The van der Waals surface area contributed by atoms with Crippen LogP contribution in [0.3, 0.4) is 0 Å². The Bertz CT molecular complexity index is 309. The predicted octanol–water partition coefficient (Wildman–Crippen LogP) is 3.52. The fourth-order valence-electron chi connectivity index (χ4n) is 1.50. The Kier molecular flexibility index (Phi) is 4.28. The third-order valence-corrected chi connectivity index (χ3v) is 2.88. The highest BCUT2D eigenvalue weighted by Crippen LogP contribution is 2.17. The molecule has 0 fully saturated rings. The molecule has 1 rings (SSSR count). The monoisotopic (exact) mass is 209 g/mol. The lowest BCUT2D eigenvalue weighted by Crippen LogP contribution is -2.33. The van der Waals surface area contributed by atoms with Gasteiger partial charge in [0.15, 0.2) is 0 Å². The molecule has 1 unspecified atom stereocenters. The molecule has 2 heteroatoms. The van der Waals surface area contributed by atoms with Gasteiger partial charge in [-0.15, -0.1) is 0 Å². The van der Waals surface area contributed by atoms with E-state index in [4.69, 9.17) is 0 Å². The van der Waals surface area contributed by atoms with Crippen molar-refractivity contribution in [3.8, 4) is 0 Å². The van der Waals surface area contributed by atoms with E-state index in [1.165, 1.54) is 6.07 Å². The maximum absolute atomic E-state index is 13.5. The number of hydrogen-bond acceptors (Lipinski definition) is 1. The molecule has 0 heterocycles. The van der Waals surface area contributed by atoms with Crippen LogP contribution in [0.15, 0.2) is 24.3 Å². The third-order valence-electron chi connectivity index (χ3n) is 2.88. The van der Waals surface area contributed by atoms with Gasteiger partial charge < -0.3 is 5.32 Å². The summed E-state index contributed by atoms with van der Waals surface area (Å²) in [5.74, 6) is 0.424. The van der Waals surface area contributed by atoms with Crippen molar-refractivity contribution in [1.29, 1.82) is 0 Å². The molecule has 1 N–H and O–H groups in total. The van der Waals surface area contributed by atoms with Crippen molar-refractivity contribution in [2.75, 3.05) is 0 Å². The summed E-state index contributed by atoms with van der Waals surface area (Å²) < 4.78 is 13.5. The van der Waals surface area contributed by atoms with Crippen LogP contribution >= 0.6 is 0 Å². The van der Waals surface area contributed by atoms with Crippen LogP contribution in [0.25, 0.3) is 0 Å². The molecule has 0 aliphatic carbocycles. The van der Waals surface area contributed by atoms with Gasteiger partial charge in [-0.2, -0.15) is 0 Å². The van der Waals surface area contributed by atoms with E-state index in [1.807, 2.05) is 19.1 Å². The summed E-state index contributed by atoms with van der Waals surface area (Å²) >= 11 is 0. The van der Waals surface area contributed by atoms with Gasteiger partial charge in [0.25, 0.3) is 0 Å². The van der Waals surface area contributed by atoms with Gasteiger partial charge in [-0.25, -0.2) is 4.39 Å². The van der Waals surface area contributed by atoms with Crippen molar-refractivity contribution in [3.63, 3.8) is 0 Å². The van der Waals surface area contributed by atoms with Gasteiger partial charge in [-0.05, 0) is 25.8 Å². The molecule has 0 aromatic heterocycles. The van der Waals surface area contributed by atoms with Gasteiger partial charge >= 0.3 is 0 Å². The van der Waals surface area contributed by atoms with E-state index in [1.54, 1.807) is 6.07 Å². The Morgan fingerprint density at radius 3 is 2.20 bits per heavy atom. The minimum atomic E-state index is -0.131. The van der Waals surface area contributed by atoms with Crippen LogP contribution < -0.4 is 5.32 Å². The van der Waals surface area contributed by atoms with E-state index in [-0.39, 0.29) is 11.9 Å². The van der Waals surface area contributed by atoms with Crippen molar-refractivity contribution in [3.05, 3.63) is 35.6 Å². The number of rotatable bonds is 4. The van der Waals surface area contributed by atoms with Crippen LogP contribution in [-0.2, 0) is 0 Å². The van der Waals surface area contributed by atoms with E-state index in [2.05, 4.69) is 26.1 Å². The molecule has 0 aliphatic rings. The quantitative estimate of drug-likeness (QED) is 0.800. The van der Waals surface area contributed by atoms with Crippen LogP contribution in [0.2, 0.25) is 0 Å². The first-order valence-corrected chi connectivity index (χ1v) is 5.53. The van der Waals surface area contributed by atoms with E-state index >= 15 is 0 Å². The van der Waals surface area contributed by atoms with Gasteiger partial charge in [0.05, 0.1) is 0 Å². The second-order valence-electron chi connectivity index (χ2n) is 4.44. The van der Waals surface area contributed by atoms with Crippen molar-refractivity contribution in [1.82, 2.24) is 5.32 Å². The van der Waals surface area contributed by atoms with Crippen LogP contribution in [0, 0.1) is 11.7 Å².